The quantitative estimate of drug-likeness (QED) is 0.331. The highest BCUT2D eigenvalue weighted by molar-refractivity contribution is 7.09. The lowest BCUT2D eigenvalue weighted by Crippen LogP contribution is -2.27. The lowest BCUT2D eigenvalue weighted by Gasteiger charge is -2.13. The molecule has 0 bridgehead atoms. The van der Waals surface area contributed by atoms with Crippen LogP contribution in [0.1, 0.15) is 22.9 Å². The molecule has 0 saturated carbocycles. The fraction of sp³-hybridized carbons (Fsp3) is 0.267. The van der Waals surface area contributed by atoms with Crippen LogP contribution in [0.3, 0.4) is 0 Å². The molecule has 1 heterocycles. The van der Waals surface area contributed by atoms with Gasteiger partial charge in [-0.1, -0.05) is 29.4 Å². The summed E-state index contributed by atoms with van der Waals surface area (Å²) in [6.45, 7) is 2.94. The molecule has 0 aliphatic carbocycles. The number of rotatable bonds is 6. The number of hydrogen-bond donors (Lipinski definition) is 3. The zero-order valence-corrected chi connectivity index (χ0v) is 12.2. The number of benzene rings is 1. The number of amidine groups is 1. The van der Waals surface area contributed by atoms with E-state index in [1.54, 1.807) is 11.3 Å². The first-order valence-corrected chi connectivity index (χ1v) is 7.39. The molecule has 4 nitrogen and oxygen atoms in total. The molecule has 2 rings (SSSR count). The minimum absolute atomic E-state index is 0.137. The first-order chi connectivity index (χ1) is 9.69. The predicted octanol–water partition coefficient (Wildman–Crippen LogP) is 2.56. The summed E-state index contributed by atoms with van der Waals surface area (Å²) >= 11 is 1.78. The molecule has 5 heteroatoms. The number of thiophene rings is 1. The van der Waals surface area contributed by atoms with Crippen LogP contribution < -0.4 is 11.1 Å². The van der Waals surface area contributed by atoms with Gasteiger partial charge in [0.2, 0.25) is 0 Å². The van der Waals surface area contributed by atoms with E-state index in [1.165, 1.54) is 4.88 Å². The van der Waals surface area contributed by atoms with Crippen molar-refractivity contribution < 1.29 is 5.21 Å². The van der Waals surface area contributed by atoms with Gasteiger partial charge in [0.25, 0.3) is 0 Å². The van der Waals surface area contributed by atoms with Crippen molar-refractivity contribution in [2.75, 3.05) is 0 Å². The molecule has 0 fully saturated rings. The Morgan fingerprint density at radius 1 is 1.40 bits per heavy atom. The van der Waals surface area contributed by atoms with Crippen molar-refractivity contribution in [2.45, 2.75) is 25.9 Å². The van der Waals surface area contributed by atoms with Crippen molar-refractivity contribution in [3.05, 3.63) is 57.8 Å². The minimum atomic E-state index is 0.137. The van der Waals surface area contributed by atoms with Crippen LogP contribution in [-0.4, -0.2) is 17.1 Å². The molecule has 0 radical (unpaired) electrons. The molecule has 1 atom stereocenters. The van der Waals surface area contributed by atoms with E-state index in [0.29, 0.717) is 6.04 Å². The Morgan fingerprint density at radius 2 is 2.25 bits per heavy atom. The summed E-state index contributed by atoms with van der Waals surface area (Å²) < 4.78 is 0. The molecule has 20 heavy (non-hydrogen) atoms. The van der Waals surface area contributed by atoms with Gasteiger partial charge in [-0.15, -0.1) is 11.3 Å². The van der Waals surface area contributed by atoms with Crippen LogP contribution in [0.25, 0.3) is 0 Å². The van der Waals surface area contributed by atoms with Gasteiger partial charge in [-0.2, -0.15) is 0 Å². The van der Waals surface area contributed by atoms with E-state index in [2.05, 4.69) is 34.9 Å². The third-order valence-corrected chi connectivity index (χ3v) is 3.97. The monoisotopic (exact) mass is 289 g/mol. The second kappa shape index (κ2) is 7.07. The summed E-state index contributed by atoms with van der Waals surface area (Å²) in [6, 6.07) is 12.3. The minimum Gasteiger partial charge on any atom is -0.409 e. The lowest BCUT2D eigenvalue weighted by atomic mass is 10.1. The van der Waals surface area contributed by atoms with Crippen LogP contribution in [0.4, 0.5) is 0 Å². The van der Waals surface area contributed by atoms with Crippen molar-refractivity contribution in [3.8, 4) is 0 Å². The van der Waals surface area contributed by atoms with Crippen molar-refractivity contribution in [3.63, 3.8) is 0 Å². The number of nitrogens with two attached hydrogens (primary N) is 1. The third-order valence-electron chi connectivity index (χ3n) is 3.07. The summed E-state index contributed by atoms with van der Waals surface area (Å²) in [5.41, 5.74) is 7.44. The maximum Gasteiger partial charge on any atom is 0.170 e. The van der Waals surface area contributed by atoms with Crippen LogP contribution in [0.15, 0.2) is 46.9 Å². The van der Waals surface area contributed by atoms with E-state index in [0.717, 1.165) is 24.1 Å². The fourth-order valence-corrected chi connectivity index (χ4v) is 2.83. The molecule has 0 aliphatic rings. The molecule has 1 aromatic carbocycles. The number of nitrogens with one attached hydrogen (secondary N) is 1. The van der Waals surface area contributed by atoms with Gasteiger partial charge in [-0.05, 0) is 36.4 Å². The number of nitrogens with zero attached hydrogens (tertiary/aromatic N) is 1. The van der Waals surface area contributed by atoms with E-state index in [-0.39, 0.29) is 5.84 Å². The first-order valence-electron chi connectivity index (χ1n) is 6.51. The fourth-order valence-electron chi connectivity index (χ4n) is 1.99. The van der Waals surface area contributed by atoms with E-state index in [9.17, 15) is 0 Å². The molecule has 0 aliphatic heterocycles. The number of hydrogen-bond acceptors (Lipinski definition) is 4. The predicted molar refractivity (Wildman–Crippen MR) is 83.3 cm³/mol. The second-order valence-corrected chi connectivity index (χ2v) is 5.78. The average Bonchev–Trinajstić information content (AvgIpc) is 2.97. The van der Waals surface area contributed by atoms with Crippen molar-refractivity contribution in [1.82, 2.24) is 5.32 Å². The van der Waals surface area contributed by atoms with Crippen molar-refractivity contribution >= 4 is 17.2 Å². The van der Waals surface area contributed by atoms with Crippen LogP contribution in [0, 0.1) is 0 Å². The molecule has 4 N–H and O–H groups in total. The molecule has 106 valence electrons. The Labute approximate surface area is 122 Å². The highest BCUT2D eigenvalue weighted by Gasteiger charge is 2.05. The molecular formula is C15H19N3OS. The highest BCUT2D eigenvalue weighted by atomic mass is 32.1. The number of oxime groups is 1. The normalized spacial score (nSPS) is 13.3. The van der Waals surface area contributed by atoms with Gasteiger partial charge in [0.05, 0.1) is 0 Å². The van der Waals surface area contributed by atoms with Gasteiger partial charge in [-0.25, -0.2) is 0 Å². The average molecular weight is 289 g/mol. The Morgan fingerprint density at radius 3 is 2.95 bits per heavy atom. The Hall–Kier alpha value is -1.85. The molecule has 0 spiro atoms. The van der Waals surface area contributed by atoms with Gasteiger partial charge in [0.15, 0.2) is 5.84 Å². The SMILES string of the molecule is CC(Cc1cccs1)NCc1cccc(C(N)=NO)c1. The Balaban J connectivity index is 1.90. The molecule has 0 amide bonds. The summed E-state index contributed by atoms with van der Waals surface area (Å²) in [7, 11) is 0. The second-order valence-electron chi connectivity index (χ2n) is 4.75. The topological polar surface area (TPSA) is 70.6 Å². The molecular weight excluding hydrogens is 270 g/mol. The first kappa shape index (κ1) is 14.6. The van der Waals surface area contributed by atoms with Gasteiger partial charge >= 0.3 is 0 Å². The summed E-state index contributed by atoms with van der Waals surface area (Å²) in [4.78, 5) is 1.38. The van der Waals surface area contributed by atoms with Crippen molar-refractivity contribution in [1.29, 1.82) is 0 Å². The maximum absolute atomic E-state index is 8.69. The van der Waals surface area contributed by atoms with Gasteiger partial charge < -0.3 is 16.3 Å². The summed E-state index contributed by atoms with van der Waals surface area (Å²) in [5.74, 6) is 0.137. The molecule has 2 aromatic rings. The summed E-state index contributed by atoms with van der Waals surface area (Å²) in [5, 5.41) is 17.3. The molecule has 1 aromatic heterocycles. The van der Waals surface area contributed by atoms with E-state index in [4.69, 9.17) is 10.9 Å². The van der Waals surface area contributed by atoms with Gasteiger partial charge in [0, 0.05) is 23.0 Å². The molecule has 1 unspecified atom stereocenters. The Kier molecular flexibility index (Phi) is 5.15. The van der Waals surface area contributed by atoms with E-state index < -0.39 is 0 Å². The lowest BCUT2D eigenvalue weighted by molar-refractivity contribution is 0.318. The third kappa shape index (κ3) is 4.08. The van der Waals surface area contributed by atoms with Crippen LogP contribution >= 0.6 is 11.3 Å². The summed E-state index contributed by atoms with van der Waals surface area (Å²) in [6.07, 6.45) is 1.03. The standard InChI is InChI=1S/C15H19N3OS/c1-11(8-14-6-3-7-20-14)17-10-12-4-2-5-13(9-12)15(16)18-19/h2-7,9,11,17,19H,8,10H2,1H3,(H2,16,18). The maximum atomic E-state index is 8.69. The van der Waals surface area contributed by atoms with Crippen molar-refractivity contribution in [2.24, 2.45) is 10.9 Å². The smallest absolute Gasteiger partial charge is 0.170 e. The van der Waals surface area contributed by atoms with E-state index >= 15 is 0 Å². The van der Waals surface area contributed by atoms with Gasteiger partial charge in [0.1, 0.15) is 0 Å². The van der Waals surface area contributed by atoms with Gasteiger partial charge in [-0.3, -0.25) is 0 Å². The highest BCUT2D eigenvalue weighted by Crippen LogP contribution is 2.11. The van der Waals surface area contributed by atoms with Crippen LogP contribution in [0.5, 0.6) is 0 Å². The van der Waals surface area contributed by atoms with Crippen LogP contribution in [-0.2, 0) is 13.0 Å². The zero-order chi connectivity index (χ0) is 14.4. The largest absolute Gasteiger partial charge is 0.409 e. The van der Waals surface area contributed by atoms with Crippen LogP contribution in [0.2, 0.25) is 0 Å². The Bertz CT molecular complexity index is 566. The van der Waals surface area contributed by atoms with E-state index in [1.807, 2.05) is 24.3 Å². The zero-order valence-electron chi connectivity index (χ0n) is 11.4. The molecule has 0 saturated heterocycles.